The van der Waals surface area contributed by atoms with E-state index >= 15 is 0 Å². The number of likely N-dealkylation sites (tertiary alicyclic amines) is 1. The number of nitriles is 1. The van der Waals surface area contributed by atoms with Gasteiger partial charge in [-0.05, 0) is 43.1 Å². The zero-order valence-corrected chi connectivity index (χ0v) is 16.8. The van der Waals surface area contributed by atoms with Crippen molar-refractivity contribution in [3.63, 3.8) is 0 Å². The van der Waals surface area contributed by atoms with Crippen LogP contribution >= 0.6 is 0 Å². The van der Waals surface area contributed by atoms with Crippen molar-refractivity contribution in [2.75, 3.05) is 26.9 Å². The summed E-state index contributed by atoms with van der Waals surface area (Å²) in [5.41, 5.74) is 2.55. The van der Waals surface area contributed by atoms with Crippen LogP contribution in [0.1, 0.15) is 35.9 Å². The van der Waals surface area contributed by atoms with E-state index in [4.69, 9.17) is 19.3 Å². The molecule has 30 heavy (non-hydrogen) atoms. The third-order valence-corrected chi connectivity index (χ3v) is 5.06. The summed E-state index contributed by atoms with van der Waals surface area (Å²) in [5, 5.41) is 13.3. The largest absolute Gasteiger partial charge is 0.475 e. The van der Waals surface area contributed by atoms with E-state index in [0.29, 0.717) is 36.4 Å². The van der Waals surface area contributed by atoms with Crippen molar-refractivity contribution >= 4 is 0 Å². The zero-order valence-electron chi connectivity index (χ0n) is 16.8. The molecule has 1 saturated heterocycles. The first-order chi connectivity index (χ1) is 14.8. The Hall–Kier alpha value is -3.28. The van der Waals surface area contributed by atoms with E-state index in [1.807, 2.05) is 30.3 Å². The second kappa shape index (κ2) is 9.48. The molecule has 1 fully saturated rings. The third-order valence-electron chi connectivity index (χ3n) is 5.06. The number of aromatic nitrogens is 3. The molecule has 0 saturated carbocycles. The van der Waals surface area contributed by atoms with Gasteiger partial charge >= 0.3 is 0 Å². The van der Waals surface area contributed by atoms with E-state index in [2.05, 4.69) is 26.1 Å². The van der Waals surface area contributed by atoms with Crippen LogP contribution in [0.15, 0.2) is 47.1 Å². The first-order valence-electron chi connectivity index (χ1n) is 9.91. The van der Waals surface area contributed by atoms with Gasteiger partial charge in [0, 0.05) is 31.5 Å². The molecule has 0 N–H and O–H groups in total. The lowest BCUT2D eigenvalue weighted by Crippen LogP contribution is -2.23. The third kappa shape index (κ3) is 4.64. The van der Waals surface area contributed by atoms with Gasteiger partial charge in [-0.1, -0.05) is 17.3 Å². The first kappa shape index (κ1) is 20.0. The monoisotopic (exact) mass is 405 g/mol. The predicted octanol–water partition coefficient (Wildman–Crippen LogP) is 3.37. The summed E-state index contributed by atoms with van der Waals surface area (Å²) >= 11 is 0. The highest BCUT2D eigenvalue weighted by atomic mass is 16.5. The Balaban J connectivity index is 1.44. The topological polar surface area (TPSA) is 97.3 Å². The maximum absolute atomic E-state index is 9.12. The van der Waals surface area contributed by atoms with Crippen LogP contribution in [0.4, 0.5) is 0 Å². The van der Waals surface area contributed by atoms with E-state index in [1.54, 1.807) is 19.4 Å². The van der Waals surface area contributed by atoms with Crippen molar-refractivity contribution in [3.05, 3.63) is 59.6 Å². The minimum atomic E-state index is 0.0709. The van der Waals surface area contributed by atoms with Crippen molar-refractivity contribution in [1.29, 1.82) is 5.26 Å². The number of rotatable bonds is 8. The second-order valence-electron chi connectivity index (χ2n) is 7.12. The second-order valence-corrected chi connectivity index (χ2v) is 7.12. The van der Waals surface area contributed by atoms with Crippen molar-refractivity contribution in [2.45, 2.75) is 25.4 Å². The lowest BCUT2D eigenvalue weighted by molar-refractivity contribution is 0.144. The smallest absolute Gasteiger partial charge is 0.244 e. The Labute approximate surface area is 175 Å². The van der Waals surface area contributed by atoms with Crippen LogP contribution in [0.5, 0.6) is 5.88 Å². The van der Waals surface area contributed by atoms with Gasteiger partial charge in [0.05, 0.1) is 24.3 Å². The molecule has 0 bridgehead atoms. The molecule has 1 aliphatic heterocycles. The average Bonchev–Trinajstić information content (AvgIpc) is 3.44. The molecule has 0 amide bonds. The normalized spacial score (nSPS) is 16.5. The molecule has 3 aromatic rings. The first-order valence-corrected chi connectivity index (χ1v) is 9.91. The van der Waals surface area contributed by atoms with E-state index < -0.39 is 0 Å². The number of ether oxygens (including phenoxy) is 2. The summed E-state index contributed by atoms with van der Waals surface area (Å²) in [7, 11) is 1.63. The lowest BCUT2D eigenvalue weighted by Gasteiger charge is -2.21. The summed E-state index contributed by atoms with van der Waals surface area (Å²) in [5.74, 6) is 1.65. The molecular formula is C22H23N5O3. The predicted molar refractivity (Wildman–Crippen MR) is 108 cm³/mol. The van der Waals surface area contributed by atoms with Gasteiger partial charge in [0.1, 0.15) is 6.61 Å². The molecule has 1 aromatic carbocycles. The molecule has 2 aromatic heterocycles. The van der Waals surface area contributed by atoms with Gasteiger partial charge in [0.2, 0.25) is 17.6 Å². The van der Waals surface area contributed by atoms with Gasteiger partial charge in [0.25, 0.3) is 0 Å². The highest BCUT2D eigenvalue weighted by molar-refractivity contribution is 5.53. The molecule has 0 unspecified atom stereocenters. The summed E-state index contributed by atoms with van der Waals surface area (Å²) in [6.45, 7) is 2.65. The van der Waals surface area contributed by atoms with Gasteiger partial charge in [-0.15, -0.1) is 0 Å². The van der Waals surface area contributed by atoms with E-state index in [-0.39, 0.29) is 6.04 Å². The number of benzene rings is 1. The van der Waals surface area contributed by atoms with E-state index in [9.17, 15) is 0 Å². The standard InChI is InChI=1S/C22H23N5O3/c1-28-10-11-29-20-8-7-18(14-24-20)21-25-22(30-26-21)19-6-3-9-27(19)15-17-5-2-4-16(12-17)13-23/h2,4-5,7-8,12,14,19H,3,6,9-11,15H2,1H3/t19-/m0/s1. The zero-order chi connectivity index (χ0) is 20.8. The van der Waals surface area contributed by atoms with Gasteiger partial charge in [0.15, 0.2) is 0 Å². The molecule has 4 rings (SSSR count). The number of methoxy groups -OCH3 is 1. The average molecular weight is 405 g/mol. The number of pyridine rings is 1. The Kier molecular flexibility index (Phi) is 6.32. The van der Waals surface area contributed by atoms with Gasteiger partial charge < -0.3 is 14.0 Å². The number of nitrogens with zero attached hydrogens (tertiary/aromatic N) is 5. The van der Waals surface area contributed by atoms with Crippen molar-refractivity contribution in [2.24, 2.45) is 0 Å². The molecule has 8 nitrogen and oxygen atoms in total. The minimum Gasteiger partial charge on any atom is -0.475 e. The van der Waals surface area contributed by atoms with Crippen LogP contribution in [0, 0.1) is 11.3 Å². The molecule has 0 spiro atoms. The number of hydrogen-bond donors (Lipinski definition) is 0. The van der Waals surface area contributed by atoms with Crippen molar-refractivity contribution in [1.82, 2.24) is 20.0 Å². The SMILES string of the molecule is COCCOc1ccc(-c2noc([C@@H]3CCCN3Cc3cccc(C#N)c3)n2)cn1. The Morgan fingerprint density at radius 1 is 1.27 bits per heavy atom. The summed E-state index contributed by atoms with van der Waals surface area (Å²) < 4.78 is 16.0. The van der Waals surface area contributed by atoms with Crippen LogP contribution in [0.2, 0.25) is 0 Å². The van der Waals surface area contributed by atoms with Crippen molar-refractivity contribution < 1.29 is 14.0 Å². The molecule has 1 atom stereocenters. The highest BCUT2D eigenvalue weighted by Gasteiger charge is 2.30. The molecule has 1 aliphatic rings. The van der Waals surface area contributed by atoms with Gasteiger partial charge in [-0.2, -0.15) is 10.2 Å². The Morgan fingerprint density at radius 3 is 3.00 bits per heavy atom. The van der Waals surface area contributed by atoms with Crippen molar-refractivity contribution in [3.8, 4) is 23.3 Å². The quantitative estimate of drug-likeness (QED) is 0.526. The van der Waals surface area contributed by atoms with Gasteiger partial charge in [-0.25, -0.2) is 4.98 Å². The maximum atomic E-state index is 9.12. The van der Waals surface area contributed by atoms with Gasteiger partial charge in [-0.3, -0.25) is 4.90 Å². The fraction of sp³-hybridized carbons (Fsp3) is 0.364. The molecular weight excluding hydrogens is 382 g/mol. The molecule has 154 valence electrons. The summed E-state index contributed by atoms with van der Waals surface area (Å²) in [6.07, 6.45) is 3.70. The molecule has 0 radical (unpaired) electrons. The molecule has 3 heterocycles. The van der Waals surface area contributed by atoms with E-state index in [1.165, 1.54) is 0 Å². The number of hydrogen-bond acceptors (Lipinski definition) is 8. The molecule has 8 heteroatoms. The van der Waals surface area contributed by atoms with Crippen LogP contribution in [-0.2, 0) is 11.3 Å². The fourth-order valence-corrected chi connectivity index (χ4v) is 3.58. The fourth-order valence-electron chi connectivity index (χ4n) is 3.58. The summed E-state index contributed by atoms with van der Waals surface area (Å²) in [4.78, 5) is 11.2. The lowest BCUT2D eigenvalue weighted by atomic mass is 10.1. The Bertz CT molecular complexity index is 1010. The molecule has 0 aliphatic carbocycles. The van der Waals surface area contributed by atoms with E-state index in [0.717, 1.165) is 37.1 Å². The maximum Gasteiger partial charge on any atom is 0.244 e. The van der Waals surface area contributed by atoms with Crippen LogP contribution < -0.4 is 4.74 Å². The van der Waals surface area contributed by atoms with Crippen LogP contribution in [-0.4, -0.2) is 46.9 Å². The Morgan fingerprint density at radius 2 is 2.20 bits per heavy atom. The highest BCUT2D eigenvalue weighted by Crippen LogP contribution is 2.33. The van der Waals surface area contributed by atoms with Crippen LogP contribution in [0.3, 0.4) is 0 Å². The minimum absolute atomic E-state index is 0.0709. The summed E-state index contributed by atoms with van der Waals surface area (Å²) in [6, 6.07) is 13.6. The van der Waals surface area contributed by atoms with Crippen LogP contribution in [0.25, 0.3) is 11.4 Å².